The van der Waals surface area contributed by atoms with Gasteiger partial charge in [-0.05, 0) is 19.3 Å². The number of ether oxygens (including phenoxy) is 2. The molecule has 0 spiro atoms. The molecule has 4 heteroatoms. The predicted molar refractivity (Wildman–Crippen MR) is 65.1 cm³/mol. The summed E-state index contributed by atoms with van der Waals surface area (Å²) in [6.07, 6.45) is 10.4. The van der Waals surface area contributed by atoms with Gasteiger partial charge in [-0.1, -0.05) is 25.2 Å². The van der Waals surface area contributed by atoms with Crippen molar-refractivity contribution in [1.29, 1.82) is 0 Å². The van der Waals surface area contributed by atoms with E-state index in [-0.39, 0.29) is 12.8 Å². The van der Waals surface area contributed by atoms with E-state index in [4.69, 9.17) is 16.3 Å². The summed E-state index contributed by atoms with van der Waals surface area (Å²) in [5, 5.41) is 9.11. The van der Waals surface area contributed by atoms with E-state index in [1.165, 1.54) is 7.11 Å². The quantitative estimate of drug-likeness (QED) is 0.275. The molecular formula is C13H22O4. The van der Waals surface area contributed by atoms with Crippen molar-refractivity contribution in [3.63, 3.8) is 0 Å². The van der Waals surface area contributed by atoms with E-state index in [0.717, 1.165) is 32.1 Å². The highest BCUT2D eigenvalue weighted by Crippen LogP contribution is 2.09. The lowest BCUT2D eigenvalue weighted by Crippen LogP contribution is -2.06. The van der Waals surface area contributed by atoms with E-state index in [1.807, 2.05) is 0 Å². The number of terminal acetylenes is 1. The van der Waals surface area contributed by atoms with Crippen LogP contribution in [0.15, 0.2) is 0 Å². The van der Waals surface area contributed by atoms with Gasteiger partial charge in [0.2, 0.25) is 0 Å². The number of aliphatic hydroxyl groups is 1. The van der Waals surface area contributed by atoms with Crippen LogP contribution in [0.5, 0.6) is 0 Å². The fourth-order valence-corrected chi connectivity index (χ4v) is 1.42. The summed E-state index contributed by atoms with van der Waals surface area (Å²) < 4.78 is 9.37. The fraction of sp³-hybridized carbons (Fsp3) is 0.769. The van der Waals surface area contributed by atoms with E-state index >= 15 is 0 Å². The molecule has 0 fully saturated rings. The predicted octanol–water partition coefficient (Wildman–Crippen LogP) is 1.86. The zero-order chi connectivity index (χ0) is 12.9. The highest BCUT2D eigenvalue weighted by molar-refractivity contribution is 5.69. The van der Waals surface area contributed by atoms with Crippen molar-refractivity contribution in [3.8, 4) is 12.3 Å². The first-order chi connectivity index (χ1) is 8.20. The van der Waals surface area contributed by atoms with Crippen LogP contribution in [0.4, 0.5) is 0 Å². The van der Waals surface area contributed by atoms with E-state index in [0.29, 0.717) is 12.8 Å². The van der Waals surface area contributed by atoms with Gasteiger partial charge in [-0.2, -0.15) is 0 Å². The number of rotatable bonds is 10. The van der Waals surface area contributed by atoms with Crippen LogP contribution in [0, 0.1) is 12.3 Å². The zero-order valence-electron chi connectivity index (χ0n) is 10.5. The topological polar surface area (TPSA) is 55.8 Å². The molecule has 0 radical (unpaired) electrons. The molecule has 1 N–H and O–H groups in total. The van der Waals surface area contributed by atoms with Crippen LogP contribution in [0.2, 0.25) is 0 Å². The Morgan fingerprint density at radius 2 is 1.94 bits per heavy atom. The van der Waals surface area contributed by atoms with Crippen molar-refractivity contribution in [2.75, 3.05) is 13.9 Å². The van der Waals surface area contributed by atoms with Crippen molar-refractivity contribution < 1.29 is 19.4 Å². The molecule has 4 nitrogen and oxygen atoms in total. The standard InChI is InChI=1S/C13H22O4/c1-3-12(14)9-7-5-4-6-8-10-13(15)17-11-16-2/h1,12,14H,4-11H2,2H3/t12-/m0/s1. The van der Waals surface area contributed by atoms with Crippen LogP contribution in [0.1, 0.15) is 44.9 Å². The van der Waals surface area contributed by atoms with Gasteiger partial charge < -0.3 is 14.6 Å². The summed E-state index contributed by atoms with van der Waals surface area (Å²) in [5.74, 6) is 2.07. The monoisotopic (exact) mass is 242 g/mol. The molecule has 17 heavy (non-hydrogen) atoms. The molecule has 0 aromatic heterocycles. The van der Waals surface area contributed by atoms with E-state index < -0.39 is 6.10 Å². The summed E-state index contributed by atoms with van der Waals surface area (Å²) in [4.78, 5) is 11.1. The lowest BCUT2D eigenvalue weighted by Gasteiger charge is -2.04. The number of aliphatic hydroxyl groups excluding tert-OH is 1. The molecule has 0 aromatic carbocycles. The maximum atomic E-state index is 11.1. The van der Waals surface area contributed by atoms with Crippen LogP contribution in [0.3, 0.4) is 0 Å². The average molecular weight is 242 g/mol. The van der Waals surface area contributed by atoms with E-state index in [1.54, 1.807) is 0 Å². The second kappa shape index (κ2) is 11.4. The van der Waals surface area contributed by atoms with Gasteiger partial charge in [-0.3, -0.25) is 4.79 Å². The molecule has 0 aromatic rings. The molecular weight excluding hydrogens is 220 g/mol. The summed E-state index contributed by atoms with van der Waals surface area (Å²) in [5.41, 5.74) is 0. The first-order valence-electron chi connectivity index (χ1n) is 5.99. The van der Waals surface area contributed by atoms with Crippen molar-refractivity contribution in [2.24, 2.45) is 0 Å². The van der Waals surface area contributed by atoms with Crippen LogP contribution in [-0.2, 0) is 14.3 Å². The number of carbonyl (C=O) groups excluding carboxylic acids is 1. The maximum Gasteiger partial charge on any atom is 0.307 e. The highest BCUT2D eigenvalue weighted by atomic mass is 16.7. The Morgan fingerprint density at radius 1 is 1.29 bits per heavy atom. The zero-order valence-corrected chi connectivity index (χ0v) is 10.5. The molecule has 0 saturated carbocycles. The van der Waals surface area contributed by atoms with Crippen molar-refractivity contribution in [3.05, 3.63) is 0 Å². The first kappa shape index (κ1) is 16.0. The van der Waals surface area contributed by atoms with Gasteiger partial charge in [0.15, 0.2) is 6.79 Å². The van der Waals surface area contributed by atoms with Gasteiger partial charge in [0.1, 0.15) is 6.10 Å². The van der Waals surface area contributed by atoms with E-state index in [2.05, 4.69) is 10.7 Å². The van der Waals surface area contributed by atoms with Gasteiger partial charge in [0, 0.05) is 13.5 Å². The van der Waals surface area contributed by atoms with Gasteiger partial charge >= 0.3 is 5.97 Å². The molecule has 0 unspecified atom stereocenters. The highest BCUT2D eigenvalue weighted by Gasteiger charge is 2.02. The number of hydrogen-bond donors (Lipinski definition) is 1. The van der Waals surface area contributed by atoms with Crippen LogP contribution in [0.25, 0.3) is 0 Å². The third kappa shape index (κ3) is 11.2. The Hall–Kier alpha value is -1.05. The first-order valence-corrected chi connectivity index (χ1v) is 5.99. The second-order valence-corrected chi connectivity index (χ2v) is 3.91. The summed E-state index contributed by atoms with van der Waals surface area (Å²) in [6, 6.07) is 0. The van der Waals surface area contributed by atoms with Crippen molar-refractivity contribution >= 4 is 5.97 Å². The minimum absolute atomic E-state index is 0.0306. The van der Waals surface area contributed by atoms with Crippen molar-refractivity contribution in [1.82, 2.24) is 0 Å². The number of hydrogen-bond acceptors (Lipinski definition) is 4. The molecule has 1 atom stereocenters. The SMILES string of the molecule is C#C[C@H](O)CCCCCCCC(=O)OCOC. The molecule has 0 aliphatic carbocycles. The minimum atomic E-state index is -0.612. The Bertz CT molecular complexity index is 232. The van der Waals surface area contributed by atoms with Gasteiger partial charge in [-0.15, -0.1) is 6.42 Å². The molecule has 0 aliphatic heterocycles. The average Bonchev–Trinajstić information content (AvgIpc) is 2.34. The van der Waals surface area contributed by atoms with Gasteiger partial charge in [-0.25, -0.2) is 0 Å². The molecule has 0 saturated heterocycles. The molecule has 0 aliphatic rings. The number of esters is 1. The number of carbonyl (C=O) groups is 1. The lowest BCUT2D eigenvalue weighted by atomic mass is 10.1. The Labute approximate surface area is 103 Å². The maximum absolute atomic E-state index is 11.1. The minimum Gasteiger partial charge on any atom is -0.438 e. The van der Waals surface area contributed by atoms with Crippen LogP contribution in [-0.4, -0.2) is 31.1 Å². The van der Waals surface area contributed by atoms with E-state index in [9.17, 15) is 4.79 Å². The third-order valence-electron chi connectivity index (χ3n) is 2.39. The molecule has 0 heterocycles. The largest absolute Gasteiger partial charge is 0.438 e. The lowest BCUT2D eigenvalue weighted by molar-refractivity contribution is -0.154. The second-order valence-electron chi connectivity index (χ2n) is 3.91. The Morgan fingerprint density at radius 3 is 2.59 bits per heavy atom. The third-order valence-corrected chi connectivity index (χ3v) is 2.39. The number of unbranched alkanes of at least 4 members (excludes halogenated alkanes) is 4. The van der Waals surface area contributed by atoms with Crippen molar-refractivity contribution in [2.45, 2.75) is 51.0 Å². The number of methoxy groups -OCH3 is 1. The van der Waals surface area contributed by atoms with Gasteiger partial charge in [0.25, 0.3) is 0 Å². The fourth-order valence-electron chi connectivity index (χ4n) is 1.42. The normalized spacial score (nSPS) is 11.8. The van der Waals surface area contributed by atoms with Crippen LogP contribution < -0.4 is 0 Å². The molecule has 0 rings (SSSR count). The summed E-state index contributed by atoms with van der Waals surface area (Å²) in [7, 11) is 1.48. The van der Waals surface area contributed by atoms with Crippen LogP contribution >= 0.6 is 0 Å². The Balaban J connectivity index is 3.18. The molecule has 0 bridgehead atoms. The smallest absolute Gasteiger partial charge is 0.307 e. The van der Waals surface area contributed by atoms with Gasteiger partial charge in [0.05, 0.1) is 0 Å². The molecule has 98 valence electrons. The summed E-state index contributed by atoms with van der Waals surface area (Å²) >= 11 is 0. The molecule has 0 amide bonds. The summed E-state index contributed by atoms with van der Waals surface area (Å²) in [6.45, 7) is 0.0306. The Kier molecular flexibility index (Phi) is 10.7.